The molecular formula is C15H16ClN3O2. The molecule has 0 fully saturated rings. The van der Waals surface area contributed by atoms with E-state index in [-0.39, 0.29) is 11.5 Å². The van der Waals surface area contributed by atoms with E-state index in [4.69, 9.17) is 17.3 Å². The van der Waals surface area contributed by atoms with Gasteiger partial charge in [0.25, 0.3) is 11.5 Å². The molecular weight excluding hydrogens is 290 g/mol. The summed E-state index contributed by atoms with van der Waals surface area (Å²) in [6, 6.07) is 7.68. The van der Waals surface area contributed by atoms with E-state index in [1.54, 1.807) is 29.0 Å². The fourth-order valence-corrected chi connectivity index (χ4v) is 2.14. The van der Waals surface area contributed by atoms with Gasteiger partial charge in [-0.25, -0.2) is 0 Å². The lowest BCUT2D eigenvalue weighted by Crippen LogP contribution is -2.20. The maximum atomic E-state index is 12.2. The highest BCUT2D eigenvalue weighted by atomic mass is 35.5. The van der Waals surface area contributed by atoms with Gasteiger partial charge in [-0.2, -0.15) is 0 Å². The third-order valence-corrected chi connectivity index (χ3v) is 3.20. The lowest BCUT2D eigenvalue weighted by atomic mass is 10.1. The SMILES string of the molecule is CCCn1cc(NC(=O)c2ccc(Cl)cc2N)ccc1=O. The molecule has 0 aliphatic carbocycles. The summed E-state index contributed by atoms with van der Waals surface area (Å²) in [7, 11) is 0. The Bertz CT molecular complexity index is 725. The van der Waals surface area contributed by atoms with Crippen molar-refractivity contribution in [1.82, 2.24) is 4.57 Å². The summed E-state index contributed by atoms with van der Waals surface area (Å²) < 4.78 is 1.56. The molecule has 0 spiro atoms. The number of rotatable bonds is 4. The van der Waals surface area contributed by atoms with Crippen molar-refractivity contribution in [3.05, 3.63) is 57.5 Å². The first-order valence-corrected chi connectivity index (χ1v) is 6.96. The highest BCUT2D eigenvalue weighted by Gasteiger charge is 2.10. The normalized spacial score (nSPS) is 10.4. The monoisotopic (exact) mass is 305 g/mol. The first-order valence-electron chi connectivity index (χ1n) is 6.58. The number of benzene rings is 1. The molecule has 2 aromatic rings. The standard InChI is InChI=1S/C15H16ClN3O2/c1-2-7-19-9-11(4-6-14(19)20)18-15(21)12-5-3-10(16)8-13(12)17/h3-6,8-9H,2,7,17H2,1H3,(H,18,21). The summed E-state index contributed by atoms with van der Waals surface area (Å²) in [6.45, 7) is 2.58. The van der Waals surface area contributed by atoms with Gasteiger partial charge in [-0.15, -0.1) is 0 Å². The Labute approximate surface area is 127 Å². The summed E-state index contributed by atoms with van der Waals surface area (Å²) >= 11 is 5.81. The van der Waals surface area contributed by atoms with E-state index in [0.717, 1.165) is 6.42 Å². The average molecular weight is 306 g/mol. The van der Waals surface area contributed by atoms with Gasteiger partial charge >= 0.3 is 0 Å². The van der Waals surface area contributed by atoms with Crippen molar-refractivity contribution in [3.8, 4) is 0 Å². The Morgan fingerprint density at radius 3 is 2.76 bits per heavy atom. The van der Waals surface area contributed by atoms with Crippen molar-refractivity contribution in [2.45, 2.75) is 19.9 Å². The number of aryl methyl sites for hydroxylation is 1. The van der Waals surface area contributed by atoms with Crippen LogP contribution in [0.3, 0.4) is 0 Å². The molecule has 21 heavy (non-hydrogen) atoms. The van der Waals surface area contributed by atoms with Crippen LogP contribution in [0.4, 0.5) is 11.4 Å². The number of nitrogens with zero attached hydrogens (tertiary/aromatic N) is 1. The Balaban J connectivity index is 2.23. The predicted molar refractivity (Wildman–Crippen MR) is 84.8 cm³/mol. The number of hydrogen-bond acceptors (Lipinski definition) is 3. The van der Waals surface area contributed by atoms with Crippen LogP contribution in [-0.2, 0) is 6.54 Å². The Morgan fingerprint density at radius 1 is 1.33 bits per heavy atom. The van der Waals surface area contributed by atoms with Crippen molar-refractivity contribution in [2.75, 3.05) is 11.1 Å². The zero-order valence-electron chi connectivity index (χ0n) is 11.6. The summed E-state index contributed by atoms with van der Waals surface area (Å²) in [6.07, 6.45) is 2.46. The molecule has 0 unspecified atom stereocenters. The molecule has 0 saturated carbocycles. The number of nitrogens with one attached hydrogen (secondary N) is 1. The number of carbonyl (C=O) groups is 1. The van der Waals surface area contributed by atoms with Crippen LogP contribution in [0.2, 0.25) is 5.02 Å². The van der Waals surface area contributed by atoms with Crippen LogP contribution < -0.4 is 16.6 Å². The molecule has 3 N–H and O–H groups in total. The number of pyridine rings is 1. The Hall–Kier alpha value is -2.27. The Morgan fingerprint density at radius 2 is 2.10 bits per heavy atom. The average Bonchev–Trinajstić information content (AvgIpc) is 2.42. The van der Waals surface area contributed by atoms with E-state index in [9.17, 15) is 9.59 Å². The topological polar surface area (TPSA) is 77.1 Å². The highest BCUT2D eigenvalue weighted by molar-refractivity contribution is 6.31. The highest BCUT2D eigenvalue weighted by Crippen LogP contribution is 2.19. The number of amides is 1. The second kappa shape index (κ2) is 6.45. The molecule has 0 saturated heterocycles. The predicted octanol–water partition coefficient (Wildman–Crippen LogP) is 2.75. The molecule has 6 heteroatoms. The van der Waals surface area contributed by atoms with Crippen molar-refractivity contribution in [1.29, 1.82) is 0 Å². The third kappa shape index (κ3) is 3.64. The molecule has 2 rings (SSSR count). The number of hydrogen-bond donors (Lipinski definition) is 2. The summed E-state index contributed by atoms with van der Waals surface area (Å²) in [5.41, 5.74) is 6.87. The number of anilines is 2. The quantitative estimate of drug-likeness (QED) is 0.853. The molecule has 0 atom stereocenters. The van der Waals surface area contributed by atoms with Crippen LogP contribution in [-0.4, -0.2) is 10.5 Å². The minimum absolute atomic E-state index is 0.0964. The van der Waals surface area contributed by atoms with E-state index in [2.05, 4.69) is 5.32 Å². The van der Waals surface area contributed by atoms with Gasteiger partial charge in [0.05, 0.1) is 11.3 Å². The smallest absolute Gasteiger partial charge is 0.257 e. The molecule has 1 amide bonds. The van der Waals surface area contributed by atoms with Crippen LogP contribution in [0.25, 0.3) is 0 Å². The third-order valence-electron chi connectivity index (χ3n) is 2.96. The molecule has 0 aliphatic rings. The summed E-state index contributed by atoms with van der Waals surface area (Å²) in [4.78, 5) is 23.8. The maximum Gasteiger partial charge on any atom is 0.257 e. The first-order chi connectivity index (χ1) is 10.0. The number of halogens is 1. The van der Waals surface area contributed by atoms with E-state index >= 15 is 0 Å². The van der Waals surface area contributed by atoms with Crippen LogP contribution in [0.1, 0.15) is 23.7 Å². The number of nitrogen functional groups attached to an aromatic ring is 1. The van der Waals surface area contributed by atoms with Crippen LogP contribution in [0.5, 0.6) is 0 Å². The molecule has 110 valence electrons. The van der Waals surface area contributed by atoms with E-state index in [0.29, 0.717) is 28.5 Å². The fraction of sp³-hybridized carbons (Fsp3) is 0.200. The van der Waals surface area contributed by atoms with E-state index in [1.165, 1.54) is 12.1 Å². The van der Waals surface area contributed by atoms with Gasteiger partial charge in [0.2, 0.25) is 0 Å². The molecule has 1 heterocycles. The van der Waals surface area contributed by atoms with Gasteiger partial charge in [-0.05, 0) is 30.7 Å². The van der Waals surface area contributed by atoms with Gasteiger partial charge in [-0.3, -0.25) is 9.59 Å². The lowest BCUT2D eigenvalue weighted by Gasteiger charge is -2.10. The molecule has 1 aromatic carbocycles. The van der Waals surface area contributed by atoms with E-state index < -0.39 is 0 Å². The van der Waals surface area contributed by atoms with Gasteiger partial charge < -0.3 is 15.6 Å². The number of carbonyl (C=O) groups excluding carboxylic acids is 1. The van der Waals surface area contributed by atoms with E-state index in [1.807, 2.05) is 6.92 Å². The van der Waals surface area contributed by atoms with Gasteiger partial charge in [-0.1, -0.05) is 18.5 Å². The molecule has 1 aromatic heterocycles. The number of aromatic nitrogens is 1. The number of nitrogens with two attached hydrogens (primary N) is 1. The minimum atomic E-state index is -0.342. The fourth-order valence-electron chi connectivity index (χ4n) is 1.96. The van der Waals surface area contributed by atoms with Crippen LogP contribution in [0.15, 0.2) is 41.3 Å². The molecule has 5 nitrogen and oxygen atoms in total. The molecule has 0 radical (unpaired) electrons. The second-order valence-corrected chi connectivity index (χ2v) is 5.07. The van der Waals surface area contributed by atoms with Crippen molar-refractivity contribution < 1.29 is 4.79 Å². The van der Waals surface area contributed by atoms with Crippen molar-refractivity contribution >= 4 is 28.9 Å². The van der Waals surface area contributed by atoms with Crippen molar-refractivity contribution in [3.63, 3.8) is 0 Å². The van der Waals surface area contributed by atoms with Gasteiger partial charge in [0.1, 0.15) is 0 Å². The van der Waals surface area contributed by atoms with Gasteiger partial charge in [0.15, 0.2) is 0 Å². The van der Waals surface area contributed by atoms with Gasteiger partial charge in [0, 0.05) is 29.5 Å². The molecule has 0 bridgehead atoms. The van der Waals surface area contributed by atoms with Crippen LogP contribution >= 0.6 is 11.6 Å². The van der Waals surface area contributed by atoms with Crippen molar-refractivity contribution in [2.24, 2.45) is 0 Å². The lowest BCUT2D eigenvalue weighted by molar-refractivity contribution is 0.102. The first kappa shape index (κ1) is 15.1. The summed E-state index contributed by atoms with van der Waals surface area (Å²) in [5, 5.41) is 3.20. The maximum absolute atomic E-state index is 12.2. The Kier molecular flexibility index (Phi) is 4.65. The zero-order chi connectivity index (χ0) is 15.4. The zero-order valence-corrected chi connectivity index (χ0v) is 12.4. The second-order valence-electron chi connectivity index (χ2n) is 4.64. The minimum Gasteiger partial charge on any atom is -0.398 e. The largest absolute Gasteiger partial charge is 0.398 e. The molecule has 0 aliphatic heterocycles. The van der Waals surface area contributed by atoms with Crippen LogP contribution in [0, 0.1) is 0 Å². The summed E-state index contributed by atoms with van der Waals surface area (Å²) in [5.74, 6) is -0.342.